The van der Waals surface area contributed by atoms with Crippen LogP contribution in [-0.2, 0) is 14.3 Å². The fraction of sp³-hybridized carbons (Fsp3) is 0.700. The van der Waals surface area contributed by atoms with Crippen LogP contribution in [0.2, 0.25) is 0 Å². The zero-order valence-corrected chi connectivity index (χ0v) is 7.73. The lowest BCUT2D eigenvalue weighted by Crippen LogP contribution is -2.14. The number of ether oxygens (including phenoxy) is 2. The first-order valence-electron chi connectivity index (χ1n) is 4.73. The maximum absolute atomic E-state index is 10.8. The van der Waals surface area contributed by atoms with Crippen molar-refractivity contribution >= 4 is 5.97 Å². The molecule has 1 saturated carbocycles. The van der Waals surface area contributed by atoms with E-state index in [1.165, 1.54) is 26.0 Å². The Balaban J connectivity index is 1.87. The summed E-state index contributed by atoms with van der Waals surface area (Å²) in [5.41, 5.74) is 0. The van der Waals surface area contributed by atoms with Gasteiger partial charge in [-0.2, -0.15) is 0 Å². The summed E-state index contributed by atoms with van der Waals surface area (Å²) >= 11 is 0. The van der Waals surface area contributed by atoms with Crippen molar-refractivity contribution in [2.75, 3.05) is 7.11 Å². The van der Waals surface area contributed by atoms with Crippen molar-refractivity contribution in [1.29, 1.82) is 0 Å². The van der Waals surface area contributed by atoms with Crippen LogP contribution >= 0.6 is 0 Å². The Kier molecular flexibility index (Phi) is 2.36. The average Bonchev–Trinajstić information content (AvgIpc) is 2.92. The molecule has 1 heterocycles. The first-order valence-corrected chi connectivity index (χ1v) is 4.73. The summed E-state index contributed by atoms with van der Waals surface area (Å²) in [5, 5.41) is 0. The van der Waals surface area contributed by atoms with Crippen molar-refractivity contribution in [1.82, 2.24) is 0 Å². The van der Waals surface area contributed by atoms with E-state index in [0.717, 1.165) is 6.42 Å². The molecule has 0 amide bonds. The van der Waals surface area contributed by atoms with Gasteiger partial charge in [0.05, 0.1) is 19.3 Å². The fourth-order valence-corrected chi connectivity index (χ4v) is 1.96. The van der Waals surface area contributed by atoms with Gasteiger partial charge in [0.2, 0.25) is 0 Å². The van der Waals surface area contributed by atoms with Gasteiger partial charge in [-0.25, -0.2) is 4.79 Å². The third-order valence-electron chi connectivity index (χ3n) is 2.75. The van der Waals surface area contributed by atoms with Crippen LogP contribution in [0, 0.1) is 5.92 Å². The van der Waals surface area contributed by atoms with Gasteiger partial charge in [0.1, 0.15) is 0 Å². The molecule has 2 rings (SSSR count). The molecule has 0 radical (unpaired) electrons. The molecule has 2 aliphatic rings. The van der Waals surface area contributed by atoms with Crippen molar-refractivity contribution in [2.45, 2.75) is 31.5 Å². The number of hydrogen-bond donors (Lipinski definition) is 0. The summed E-state index contributed by atoms with van der Waals surface area (Å²) < 4.78 is 9.98. The van der Waals surface area contributed by atoms with Crippen LogP contribution < -0.4 is 0 Å². The van der Waals surface area contributed by atoms with Crippen molar-refractivity contribution < 1.29 is 14.3 Å². The first-order chi connectivity index (χ1) is 6.31. The van der Waals surface area contributed by atoms with Crippen LogP contribution in [0.1, 0.15) is 19.3 Å². The summed E-state index contributed by atoms with van der Waals surface area (Å²) in [7, 11) is 1.39. The molecule has 0 unspecified atom stereocenters. The fourth-order valence-electron chi connectivity index (χ4n) is 1.96. The van der Waals surface area contributed by atoms with Crippen LogP contribution in [0.25, 0.3) is 0 Å². The minimum atomic E-state index is -0.275. The number of methoxy groups -OCH3 is 1. The normalized spacial score (nSPS) is 37.2. The van der Waals surface area contributed by atoms with E-state index >= 15 is 0 Å². The Hall–Kier alpha value is -0.830. The van der Waals surface area contributed by atoms with E-state index in [2.05, 4.69) is 4.74 Å². The van der Waals surface area contributed by atoms with Gasteiger partial charge < -0.3 is 9.47 Å². The molecule has 72 valence electrons. The number of carbonyl (C=O) groups is 1. The van der Waals surface area contributed by atoms with Crippen LogP contribution in [0.4, 0.5) is 0 Å². The maximum atomic E-state index is 10.8. The molecule has 0 N–H and O–H groups in total. The van der Waals surface area contributed by atoms with E-state index in [0.29, 0.717) is 18.1 Å². The number of esters is 1. The van der Waals surface area contributed by atoms with Gasteiger partial charge in [-0.05, 0) is 12.8 Å². The minimum Gasteiger partial charge on any atom is -0.466 e. The molecule has 2 fully saturated rings. The van der Waals surface area contributed by atoms with Gasteiger partial charge in [-0.1, -0.05) is 12.5 Å². The van der Waals surface area contributed by atoms with Crippen molar-refractivity contribution in [3.05, 3.63) is 12.2 Å². The Morgan fingerprint density at radius 2 is 2.38 bits per heavy atom. The summed E-state index contributed by atoms with van der Waals surface area (Å²) in [6, 6.07) is 0. The number of hydrogen-bond acceptors (Lipinski definition) is 3. The highest BCUT2D eigenvalue weighted by Crippen LogP contribution is 2.41. The zero-order valence-electron chi connectivity index (χ0n) is 7.73. The Morgan fingerprint density at radius 1 is 1.54 bits per heavy atom. The van der Waals surface area contributed by atoms with E-state index in [4.69, 9.17) is 4.74 Å². The molecule has 13 heavy (non-hydrogen) atoms. The quantitative estimate of drug-likeness (QED) is 0.367. The molecule has 0 spiro atoms. The summed E-state index contributed by atoms with van der Waals surface area (Å²) in [6.07, 6.45) is 7.82. The third-order valence-corrected chi connectivity index (χ3v) is 2.75. The second-order valence-electron chi connectivity index (χ2n) is 3.62. The first kappa shape index (κ1) is 8.75. The van der Waals surface area contributed by atoms with Gasteiger partial charge in [0, 0.05) is 12.0 Å². The maximum Gasteiger partial charge on any atom is 0.330 e. The van der Waals surface area contributed by atoms with Gasteiger partial charge in [-0.15, -0.1) is 0 Å². The van der Waals surface area contributed by atoms with Crippen molar-refractivity contribution in [3.63, 3.8) is 0 Å². The summed E-state index contributed by atoms with van der Waals surface area (Å²) in [4.78, 5) is 10.8. The third kappa shape index (κ3) is 1.91. The van der Waals surface area contributed by atoms with Crippen LogP contribution in [0.5, 0.6) is 0 Å². The molecule has 0 aromatic heterocycles. The molecule has 1 aliphatic heterocycles. The number of carbonyl (C=O) groups excluding carboxylic acids is 1. The van der Waals surface area contributed by atoms with E-state index in [1.807, 2.05) is 6.08 Å². The molecule has 0 aromatic carbocycles. The highest BCUT2D eigenvalue weighted by Gasteiger charge is 2.45. The molecule has 0 aromatic rings. The van der Waals surface area contributed by atoms with Crippen LogP contribution in [0.3, 0.4) is 0 Å². The smallest absolute Gasteiger partial charge is 0.330 e. The van der Waals surface area contributed by atoms with Crippen LogP contribution in [0.15, 0.2) is 12.2 Å². The van der Waals surface area contributed by atoms with Crippen molar-refractivity contribution in [3.8, 4) is 0 Å². The lowest BCUT2D eigenvalue weighted by atomic mass is 9.89. The average molecular weight is 182 g/mol. The molecule has 0 bridgehead atoms. The predicted molar refractivity (Wildman–Crippen MR) is 47.2 cm³/mol. The Labute approximate surface area is 77.7 Å². The Morgan fingerprint density at radius 3 is 3.15 bits per heavy atom. The lowest BCUT2D eigenvalue weighted by Gasteiger charge is -2.13. The second kappa shape index (κ2) is 3.50. The van der Waals surface area contributed by atoms with E-state index in [1.54, 1.807) is 0 Å². The monoisotopic (exact) mass is 182 g/mol. The van der Waals surface area contributed by atoms with E-state index in [9.17, 15) is 4.79 Å². The van der Waals surface area contributed by atoms with Gasteiger partial charge in [0.15, 0.2) is 0 Å². The van der Waals surface area contributed by atoms with Gasteiger partial charge in [-0.3, -0.25) is 0 Å². The lowest BCUT2D eigenvalue weighted by molar-refractivity contribution is -0.134. The highest BCUT2D eigenvalue weighted by molar-refractivity contribution is 5.81. The molecular formula is C10H14O3. The van der Waals surface area contributed by atoms with E-state index < -0.39 is 0 Å². The van der Waals surface area contributed by atoms with E-state index in [-0.39, 0.29) is 5.97 Å². The summed E-state index contributed by atoms with van der Waals surface area (Å²) in [5.74, 6) is 0.153. The SMILES string of the molecule is COC(=O)C=C[C@@H]1CCC[C@H]2O[C@@H]12. The standard InChI is InChI=1S/C10H14O3/c1-12-9(11)6-5-7-3-2-4-8-10(7)13-8/h5-8,10H,2-4H2,1H3/t7-,8+,10-/m0/s1. The van der Waals surface area contributed by atoms with Gasteiger partial charge >= 0.3 is 5.97 Å². The summed E-state index contributed by atoms with van der Waals surface area (Å²) in [6.45, 7) is 0. The van der Waals surface area contributed by atoms with Crippen molar-refractivity contribution in [2.24, 2.45) is 5.92 Å². The predicted octanol–water partition coefficient (Wildman–Crippen LogP) is 1.28. The molecule has 3 heteroatoms. The number of fused-ring (bicyclic) bond motifs is 1. The number of epoxide rings is 1. The molecular weight excluding hydrogens is 168 g/mol. The largest absolute Gasteiger partial charge is 0.466 e. The molecule has 1 saturated heterocycles. The van der Waals surface area contributed by atoms with Gasteiger partial charge in [0.25, 0.3) is 0 Å². The molecule has 3 nitrogen and oxygen atoms in total. The zero-order chi connectivity index (χ0) is 9.26. The number of rotatable bonds is 2. The minimum absolute atomic E-state index is 0.275. The topological polar surface area (TPSA) is 38.8 Å². The highest BCUT2D eigenvalue weighted by atomic mass is 16.6. The van der Waals surface area contributed by atoms with Crippen LogP contribution in [-0.4, -0.2) is 25.3 Å². The molecule has 1 aliphatic carbocycles. The second-order valence-corrected chi connectivity index (χ2v) is 3.62. The Bertz CT molecular complexity index is 234. The molecule has 3 atom stereocenters.